The van der Waals surface area contributed by atoms with E-state index in [4.69, 9.17) is 18.0 Å². The molecule has 2 heterocycles. The predicted octanol–water partition coefficient (Wildman–Crippen LogP) is 0.870. The topological polar surface area (TPSA) is 63.2 Å². The largest absolute Gasteiger partial charge is 0.392 e. The van der Waals surface area contributed by atoms with Crippen molar-refractivity contribution in [3.8, 4) is 0 Å². The van der Waals surface area contributed by atoms with Crippen molar-refractivity contribution in [3.05, 3.63) is 12.2 Å². The van der Waals surface area contributed by atoms with Crippen molar-refractivity contribution in [2.75, 3.05) is 26.2 Å². The fraction of sp³-hybridized carbons (Fsp3) is 0.786. The second-order valence-corrected chi connectivity index (χ2v) is 6.01. The molecule has 1 aliphatic heterocycles. The third kappa shape index (κ3) is 4.21. The van der Waals surface area contributed by atoms with Crippen molar-refractivity contribution in [1.82, 2.24) is 24.6 Å². The lowest BCUT2D eigenvalue weighted by atomic mass is 10.1. The standard InChI is InChI=1S/C14H26N6S/c1-3-5-20-13(16-11-17-20)10-18-6-8-19(9-7-18)12(4-2)14(15)21/h11-12H,3-10H2,1-2H3,(H2,15,21). The van der Waals surface area contributed by atoms with Gasteiger partial charge in [-0.15, -0.1) is 0 Å². The quantitative estimate of drug-likeness (QED) is 0.754. The summed E-state index contributed by atoms with van der Waals surface area (Å²) in [7, 11) is 0. The van der Waals surface area contributed by atoms with Gasteiger partial charge in [-0.05, 0) is 12.8 Å². The van der Waals surface area contributed by atoms with Gasteiger partial charge in [0.15, 0.2) is 0 Å². The maximum atomic E-state index is 5.83. The Morgan fingerprint density at radius 1 is 1.33 bits per heavy atom. The Bertz CT molecular complexity index is 452. The summed E-state index contributed by atoms with van der Waals surface area (Å²) in [4.78, 5) is 9.83. The third-order valence-electron chi connectivity index (χ3n) is 4.06. The van der Waals surface area contributed by atoms with Crippen LogP contribution in [0.5, 0.6) is 0 Å². The zero-order valence-electron chi connectivity index (χ0n) is 13.0. The van der Waals surface area contributed by atoms with Gasteiger partial charge >= 0.3 is 0 Å². The average molecular weight is 310 g/mol. The van der Waals surface area contributed by atoms with Crippen LogP contribution in [-0.2, 0) is 13.1 Å². The molecular formula is C14H26N6S. The number of hydrogen-bond acceptors (Lipinski definition) is 5. The van der Waals surface area contributed by atoms with Crippen LogP contribution in [0.15, 0.2) is 6.33 Å². The number of hydrogen-bond donors (Lipinski definition) is 1. The van der Waals surface area contributed by atoms with Crippen LogP contribution in [0, 0.1) is 0 Å². The zero-order valence-corrected chi connectivity index (χ0v) is 13.8. The smallest absolute Gasteiger partial charge is 0.141 e. The molecule has 21 heavy (non-hydrogen) atoms. The van der Waals surface area contributed by atoms with Crippen LogP contribution in [0.2, 0.25) is 0 Å². The minimum absolute atomic E-state index is 0.242. The second kappa shape index (κ2) is 7.82. The summed E-state index contributed by atoms with van der Waals surface area (Å²) >= 11 is 5.17. The first kappa shape index (κ1) is 16.3. The molecular weight excluding hydrogens is 284 g/mol. The van der Waals surface area contributed by atoms with E-state index in [1.807, 2.05) is 4.68 Å². The molecule has 0 amide bonds. The molecule has 0 spiro atoms. The van der Waals surface area contributed by atoms with Crippen LogP contribution in [0.25, 0.3) is 0 Å². The summed E-state index contributed by atoms with van der Waals surface area (Å²) < 4.78 is 2.01. The Morgan fingerprint density at radius 3 is 2.62 bits per heavy atom. The van der Waals surface area contributed by atoms with Gasteiger partial charge in [-0.1, -0.05) is 26.1 Å². The maximum absolute atomic E-state index is 5.83. The Morgan fingerprint density at radius 2 is 2.05 bits per heavy atom. The van der Waals surface area contributed by atoms with Gasteiger partial charge in [0.25, 0.3) is 0 Å². The van der Waals surface area contributed by atoms with E-state index in [-0.39, 0.29) is 6.04 Å². The normalized spacial score (nSPS) is 18.8. The van der Waals surface area contributed by atoms with Crippen LogP contribution < -0.4 is 5.73 Å². The Hall–Kier alpha value is -1.05. The monoisotopic (exact) mass is 310 g/mol. The molecule has 6 nitrogen and oxygen atoms in total. The van der Waals surface area contributed by atoms with Crippen molar-refractivity contribution in [2.24, 2.45) is 5.73 Å². The third-order valence-corrected chi connectivity index (χ3v) is 4.33. The number of aryl methyl sites for hydroxylation is 1. The highest BCUT2D eigenvalue weighted by Gasteiger charge is 2.24. The Labute approximate surface area is 132 Å². The lowest BCUT2D eigenvalue weighted by Crippen LogP contribution is -2.53. The number of rotatable bonds is 7. The minimum atomic E-state index is 0.242. The fourth-order valence-electron chi connectivity index (χ4n) is 2.88. The summed E-state index contributed by atoms with van der Waals surface area (Å²) in [5.74, 6) is 1.06. The molecule has 1 aromatic heterocycles. The summed E-state index contributed by atoms with van der Waals surface area (Å²) in [5.41, 5.74) is 5.83. The molecule has 118 valence electrons. The highest BCUT2D eigenvalue weighted by Crippen LogP contribution is 2.12. The molecule has 1 atom stereocenters. The highest BCUT2D eigenvalue weighted by molar-refractivity contribution is 7.80. The molecule has 1 aliphatic rings. The van der Waals surface area contributed by atoms with Gasteiger partial charge in [0.2, 0.25) is 0 Å². The summed E-state index contributed by atoms with van der Waals surface area (Å²) in [6.45, 7) is 10.2. The molecule has 1 fully saturated rings. The van der Waals surface area contributed by atoms with Crippen molar-refractivity contribution in [1.29, 1.82) is 0 Å². The van der Waals surface area contributed by atoms with Gasteiger partial charge in [0, 0.05) is 32.7 Å². The van der Waals surface area contributed by atoms with Gasteiger partial charge in [0.05, 0.1) is 17.6 Å². The summed E-state index contributed by atoms with van der Waals surface area (Å²) in [6, 6.07) is 0.242. The minimum Gasteiger partial charge on any atom is -0.392 e. The van der Waals surface area contributed by atoms with E-state index in [2.05, 4.69) is 33.7 Å². The van der Waals surface area contributed by atoms with E-state index in [9.17, 15) is 0 Å². The summed E-state index contributed by atoms with van der Waals surface area (Å²) in [6.07, 6.45) is 3.72. The van der Waals surface area contributed by atoms with Crippen LogP contribution in [0.3, 0.4) is 0 Å². The number of thiocarbonyl (C=S) groups is 1. The van der Waals surface area contributed by atoms with Crippen molar-refractivity contribution in [2.45, 2.75) is 45.8 Å². The second-order valence-electron chi connectivity index (χ2n) is 5.54. The Kier molecular flexibility index (Phi) is 6.08. The number of aromatic nitrogens is 3. The molecule has 0 aliphatic carbocycles. The molecule has 0 radical (unpaired) electrons. The van der Waals surface area contributed by atoms with E-state index in [0.29, 0.717) is 4.99 Å². The maximum Gasteiger partial charge on any atom is 0.141 e. The fourth-order valence-corrected chi connectivity index (χ4v) is 3.20. The van der Waals surface area contributed by atoms with Gasteiger partial charge in [-0.2, -0.15) is 5.10 Å². The van der Waals surface area contributed by atoms with Gasteiger partial charge in [-0.25, -0.2) is 9.67 Å². The SMILES string of the molecule is CCCn1ncnc1CN1CCN(C(CC)C(N)=S)CC1. The molecule has 1 aromatic rings. The molecule has 0 aromatic carbocycles. The number of piperazine rings is 1. The molecule has 0 saturated carbocycles. The summed E-state index contributed by atoms with van der Waals surface area (Å²) in [5, 5.41) is 4.29. The van der Waals surface area contributed by atoms with E-state index < -0.39 is 0 Å². The van der Waals surface area contributed by atoms with Gasteiger partial charge in [0.1, 0.15) is 12.2 Å². The Balaban J connectivity index is 1.86. The first-order valence-corrected chi connectivity index (χ1v) is 8.18. The molecule has 0 bridgehead atoms. The number of nitrogens with two attached hydrogens (primary N) is 1. The van der Waals surface area contributed by atoms with E-state index in [1.54, 1.807) is 6.33 Å². The van der Waals surface area contributed by atoms with Crippen LogP contribution >= 0.6 is 12.2 Å². The van der Waals surface area contributed by atoms with Crippen molar-refractivity contribution in [3.63, 3.8) is 0 Å². The van der Waals surface area contributed by atoms with Crippen molar-refractivity contribution >= 4 is 17.2 Å². The van der Waals surface area contributed by atoms with Crippen LogP contribution in [0.1, 0.15) is 32.5 Å². The van der Waals surface area contributed by atoms with Crippen molar-refractivity contribution < 1.29 is 0 Å². The highest BCUT2D eigenvalue weighted by atomic mass is 32.1. The molecule has 1 unspecified atom stereocenters. The zero-order chi connectivity index (χ0) is 15.2. The van der Waals surface area contributed by atoms with Gasteiger partial charge < -0.3 is 5.73 Å². The molecule has 7 heteroatoms. The van der Waals surface area contributed by atoms with Gasteiger partial charge in [-0.3, -0.25) is 9.80 Å². The average Bonchev–Trinajstić information content (AvgIpc) is 2.89. The lowest BCUT2D eigenvalue weighted by molar-refractivity contribution is 0.108. The van der Waals surface area contributed by atoms with E-state index >= 15 is 0 Å². The number of nitrogens with zero attached hydrogens (tertiary/aromatic N) is 5. The molecule has 1 saturated heterocycles. The van der Waals surface area contributed by atoms with Crippen LogP contribution in [0.4, 0.5) is 0 Å². The van der Waals surface area contributed by atoms with E-state index in [1.165, 1.54) is 0 Å². The van der Waals surface area contributed by atoms with Crippen LogP contribution in [-0.4, -0.2) is 61.8 Å². The predicted molar refractivity (Wildman–Crippen MR) is 88.0 cm³/mol. The molecule has 2 N–H and O–H groups in total. The first-order chi connectivity index (χ1) is 10.2. The molecule has 2 rings (SSSR count). The first-order valence-electron chi connectivity index (χ1n) is 7.78. The lowest BCUT2D eigenvalue weighted by Gasteiger charge is -2.38. The van der Waals surface area contributed by atoms with E-state index in [0.717, 1.165) is 57.9 Å².